The van der Waals surface area contributed by atoms with Crippen LogP contribution in [0.1, 0.15) is 72.4 Å². The van der Waals surface area contributed by atoms with Crippen LogP contribution in [0.4, 0.5) is 0 Å². The number of fused-ring (bicyclic) bond motifs is 3. The zero-order valence-electron chi connectivity index (χ0n) is 25.3. The number of aromatic nitrogens is 4. The van der Waals surface area contributed by atoms with Gasteiger partial charge in [-0.1, -0.05) is 41.9 Å². The number of aryl methyl sites for hydroxylation is 3. The maximum atomic E-state index is 14.0. The molecule has 44 heavy (non-hydrogen) atoms. The van der Waals surface area contributed by atoms with Crippen LogP contribution < -0.4 is 4.74 Å². The highest BCUT2D eigenvalue weighted by Crippen LogP contribution is 2.39. The van der Waals surface area contributed by atoms with E-state index in [0.29, 0.717) is 6.42 Å². The molecule has 232 valence electrons. The van der Waals surface area contributed by atoms with Gasteiger partial charge in [-0.15, -0.1) is 5.10 Å². The van der Waals surface area contributed by atoms with E-state index in [9.17, 15) is 13.2 Å². The summed E-state index contributed by atoms with van der Waals surface area (Å²) in [7, 11) is -2.12. The lowest BCUT2D eigenvalue weighted by Gasteiger charge is -2.26. The molecule has 12 heteroatoms. The molecule has 1 aliphatic carbocycles. The van der Waals surface area contributed by atoms with Crippen LogP contribution in [0.3, 0.4) is 0 Å². The third kappa shape index (κ3) is 5.57. The standard InChI is InChI=1S/C32H36ClN5O5S/c1-5-24-18-38(44(40,41)29-14-23(33)16-34-32(29)43-24)17-22-13-21(12-20-8-7-9-26(20)22)27(15-30(39)42-6-2)25-10-11-28-31(19(25)3)35-36-37(28)4/h10-14,16,24,27H,5-9,15,17-18H2,1-4H3/t24-,27-/m1/s1. The lowest BCUT2D eigenvalue weighted by atomic mass is 9.83. The van der Waals surface area contributed by atoms with Crippen LogP contribution in [0.5, 0.6) is 5.88 Å². The van der Waals surface area contributed by atoms with E-state index in [1.54, 1.807) is 11.6 Å². The molecule has 6 rings (SSSR count). The Morgan fingerprint density at radius 1 is 1.20 bits per heavy atom. The van der Waals surface area contributed by atoms with E-state index in [0.717, 1.165) is 52.5 Å². The molecular weight excluding hydrogens is 602 g/mol. The number of sulfonamides is 1. The average Bonchev–Trinajstić information content (AvgIpc) is 3.61. The summed E-state index contributed by atoms with van der Waals surface area (Å²) in [6.45, 7) is 6.40. The highest BCUT2D eigenvalue weighted by Gasteiger charge is 2.36. The summed E-state index contributed by atoms with van der Waals surface area (Å²) in [4.78, 5) is 17.2. The maximum Gasteiger partial charge on any atom is 0.306 e. The van der Waals surface area contributed by atoms with Crippen LogP contribution in [0, 0.1) is 6.92 Å². The van der Waals surface area contributed by atoms with Crippen molar-refractivity contribution in [1.82, 2.24) is 24.3 Å². The first-order valence-corrected chi connectivity index (χ1v) is 16.8. The molecule has 0 bridgehead atoms. The molecule has 2 atom stereocenters. The molecule has 2 aromatic heterocycles. The number of hydrogen-bond donors (Lipinski definition) is 0. The number of benzene rings is 2. The predicted molar refractivity (Wildman–Crippen MR) is 166 cm³/mol. The molecule has 0 saturated heterocycles. The van der Waals surface area contributed by atoms with Gasteiger partial charge in [0.25, 0.3) is 0 Å². The van der Waals surface area contributed by atoms with E-state index in [4.69, 9.17) is 21.1 Å². The van der Waals surface area contributed by atoms with Gasteiger partial charge in [0.2, 0.25) is 15.9 Å². The molecule has 1 aliphatic heterocycles. The average molecular weight is 638 g/mol. The van der Waals surface area contributed by atoms with Gasteiger partial charge in [0, 0.05) is 25.7 Å². The van der Waals surface area contributed by atoms with Gasteiger partial charge in [0.05, 0.1) is 30.1 Å². The van der Waals surface area contributed by atoms with E-state index in [-0.39, 0.29) is 59.9 Å². The number of carbonyl (C=O) groups excluding carboxylic acids is 1. The van der Waals surface area contributed by atoms with E-state index in [2.05, 4.69) is 27.4 Å². The van der Waals surface area contributed by atoms with Gasteiger partial charge in [-0.3, -0.25) is 4.79 Å². The summed E-state index contributed by atoms with van der Waals surface area (Å²) in [5.74, 6) is -0.536. The van der Waals surface area contributed by atoms with Gasteiger partial charge < -0.3 is 9.47 Å². The van der Waals surface area contributed by atoms with Crippen molar-refractivity contribution >= 4 is 38.6 Å². The lowest BCUT2D eigenvalue weighted by Crippen LogP contribution is -2.36. The molecule has 0 radical (unpaired) electrons. The van der Waals surface area contributed by atoms with Gasteiger partial charge in [-0.2, -0.15) is 4.31 Å². The Balaban J connectivity index is 1.46. The molecule has 10 nitrogen and oxygen atoms in total. The van der Waals surface area contributed by atoms with Crippen LogP contribution in [0.15, 0.2) is 41.4 Å². The monoisotopic (exact) mass is 637 g/mol. The fourth-order valence-corrected chi connectivity index (χ4v) is 8.25. The first-order chi connectivity index (χ1) is 21.1. The number of esters is 1. The van der Waals surface area contributed by atoms with Crippen molar-refractivity contribution in [3.8, 4) is 5.88 Å². The molecule has 4 aromatic rings. The molecule has 0 spiro atoms. The Labute approximate surface area is 262 Å². The number of pyridine rings is 1. The first kappa shape index (κ1) is 30.5. The predicted octanol–water partition coefficient (Wildman–Crippen LogP) is 5.26. The van der Waals surface area contributed by atoms with E-state index in [1.165, 1.54) is 27.7 Å². The molecule has 2 aromatic carbocycles. The van der Waals surface area contributed by atoms with Crippen molar-refractivity contribution in [3.63, 3.8) is 0 Å². The van der Waals surface area contributed by atoms with Crippen molar-refractivity contribution in [2.75, 3.05) is 13.2 Å². The third-order valence-electron chi connectivity index (χ3n) is 8.75. The molecule has 0 fully saturated rings. The van der Waals surface area contributed by atoms with Crippen LogP contribution in [-0.2, 0) is 46.0 Å². The summed E-state index contributed by atoms with van der Waals surface area (Å²) >= 11 is 6.19. The van der Waals surface area contributed by atoms with Gasteiger partial charge in [0.15, 0.2) is 0 Å². The fourth-order valence-electron chi connectivity index (χ4n) is 6.48. The number of carbonyl (C=O) groups is 1. The largest absolute Gasteiger partial charge is 0.472 e. The van der Waals surface area contributed by atoms with Crippen LogP contribution in [0.25, 0.3) is 11.0 Å². The van der Waals surface area contributed by atoms with Crippen molar-refractivity contribution < 1.29 is 22.7 Å². The number of rotatable bonds is 8. The molecule has 0 saturated carbocycles. The van der Waals surface area contributed by atoms with Crippen LogP contribution >= 0.6 is 11.6 Å². The van der Waals surface area contributed by atoms with Crippen LogP contribution in [-0.4, -0.2) is 57.9 Å². The van der Waals surface area contributed by atoms with E-state index >= 15 is 0 Å². The number of nitrogens with zero attached hydrogens (tertiary/aromatic N) is 5. The molecule has 0 amide bonds. The molecule has 0 unspecified atom stereocenters. The summed E-state index contributed by atoms with van der Waals surface area (Å²) < 4.78 is 42.8. The SMILES string of the molecule is CCOC(=O)C[C@H](c1cc2c(c(CN3C[C@@H](CC)Oc4ncc(Cl)cc4S3(=O)=O)c1)CCC2)c1ccc2c(nnn2C)c1C. The highest BCUT2D eigenvalue weighted by molar-refractivity contribution is 7.89. The molecule has 3 heterocycles. The Kier molecular flexibility index (Phi) is 8.38. The minimum absolute atomic E-state index is 0.0261. The van der Waals surface area contributed by atoms with Crippen molar-refractivity contribution in [2.24, 2.45) is 7.05 Å². The Morgan fingerprint density at radius 3 is 2.80 bits per heavy atom. The van der Waals surface area contributed by atoms with Gasteiger partial charge >= 0.3 is 5.97 Å². The molecule has 2 aliphatic rings. The highest BCUT2D eigenvalue weighted by atomic mass is 35.5. The van der Waals surface area contributed by atoms with E-state index in [1.807, 2.05) is 33.0 Å². The maximum absolute atomic E-state index is 14.0. The summed E-state index contributed by atoms with van der Waals surface area (Å²) in [5, 5.41) is 8.80. The minimum atomic E-state index is -3.97. The Bertz CT molecular complexity index is 1860. The topological polar surface area (TPSA) is 117 Å². The lowest BCUT2D eigenvalue weighted by molar-refractivity contribution is -0.143. The summed E-state index contributed by atoms with van der Waals surface area (Å²) in [6, 6.07) is 9.69. The molecule has 0 N–H and O–H groups in total. The van der Waals surface area contributed by atoms with Crippen molar-refractivity contribution in [1.29, 1.82) is 0 Å². The molecular formula is C32H36ClN5O5S. The summed E-state index contributed by atoms with van der Waals surface area (Å²) in [5.41, 5.74) is 7.84. The zero-order valence-corrected chi connectivity index (χ0v) is 26.9. The van der Waals surface area contributed by atoms with Crippen molar-refractivity contribution in [2.45, 2.75) is 76.3 Å². The second kappa shape index (κ2) is 12.1. The number of halogens is 1. The number of ether oxygens (including phenoxy) is 2. The van der Waals surface area contributed by atoms with E-state index < -0.39 is 10.0 Å². The normalized spacial score (nSPS) is 18.3. The van der Waals surface area contributed by atoms with Gasteiger partial charge in [-0.05, 0) is 85.0 Å². The quantitative estimate of drug-likeness (QED) is 0.240. The van der Waals surface area contributed by atoms with Crippen molar-refractivity contribution in [3.05, 3.63) is 74.9 Å². The summed E-state index contributed by atoms with van der Waals surface area (Å²) in [6.07, 6.45) is 4.52. The van der Waals surface area contributed by atoms with Gasteiger partial charge in [-0.25, -0.2) is 18.1 Å². The second-order valence-electron chi connectivity index (χ2n) is 11.5. The number of hydrogen-bond acceptors (Lipinski definition) is 8. The Hall–Kier alpha value is -3.54. The second-order valence-corrected chi connectivity index (χ2v) is 13.8. The zero-order chi connectivity index (χ0) is 31.2. The first-order valence-electron chi connectivity index (χ1n) is 15.0. The van der Waals surface area contributed by atoms with Crippen LogP contribution in [0.2, 0.25) is 5.02 Å². The van der Waals surface area contributed by atoms with Gasteiger partial charge in [0.1, 0.15) is 16.5 Å². The minimum Gasteiger partial charge on any atom is -0.472 e. The smallest absolute Gasteiger partial charge is 0.306 e. The third-order valence-corrected chi connectivity index (χ3v) is 10.8. The fraction of sp³-hybridized carbons (Fsp3) is 0.438. The Morgan fingerprint density at radius 2 is 2.02 bits per heavy atom.